The molecule has 0 aliphatic rings. The quantitative estimate of drug-likeness (QED) is 0.808. The van der Waals surface area contributed by atoms with E-state index in [1.807, 2.05) is 26.8 Å². The molecular weight excluding hydrogens is 270 g/mol. The van der Waals surface area contributed by atoms with Crippen LogP contribution >= 0.6 is 0 Å². The second kappa shape index (κ2) is 5.95. The van der Waals surface area contributed by atoms with Gasteiger partial charge in [0, 0.05) is 24.9 Å². The van der Waals surface area contributed by atoms with E-state index in [9.17, 15) is 4.79 Å². The molecule has 2 aromatic rings. The number of hydrogen-bond donors (Lipinski definition) is 0. The van der Waals surface area contributed by atoms with Gasteiger partial charge in [0.15, 0.2) is 5.69 Å². The number of pyridine rings is 1. The number of aryl methyl sites for hydroxylation is 2. The lowest BCUT2D eigenvalue weighted by molar-refractivity contribution is 0.0593. The highest BCUT2D eigenvalue weighted by atomic mass is 16.5. The first-order valence-corrected chi connectivity index (χ1v) is 6.68. The first-order chi connectivity index (χ1) is 9.92. The summed E-state index contributed by atoms with van der Waals surface area (Å²) in [4.78, 5) is 15.8. The molecule has 21 heavy (non-hydrogen) atoms. The zero-order valence-corrected chi connectivity index (χ0v) is 12.9. The van der Waals surface area contributed by atoms with Crippen molar-refractivity contribution in [2.24, 2.45) is 7.05 Å². The number of esters is 1. The summed E-state index contributed by atoms with van der Waals surface area (Å²) in [5.41, 5.74) is 2.98. The van der Waals surface area contributed by atoms with Crippen LogP contribution in [-0.4, -0.2) is 33.9 Å². The molecule has 0 spiro atoms. The third kappa shape index (κ3) is 3.21. The van der Waals surface area contributed by atoms with Gasteiger partial charge < -0.3 is 9.47 Å². The minimum absolute atomic E-state index is 0.0744. The first kappa shape index (κ1) is 15.0. The Morgan fingerprint density at radius 2 is 2.05 bits per heavy atom. The summed E-state index contributed by atoms with van der Waals surface area (Å²) in [6.45, 7) is 5.87. The van der Waals surface area contributed by atoms with Crippen LogP contribution in [0.3, 0.4) is 0 Å². The molecule has 112 valence electrons. The normalized spacial score (nSPS) is 10.8. The number of aromatic nitrogens is 3. The molecule has 2 rings (SSSR count). The highest BCUT2D eigenvalue weighted by molar-refractivity contribution is 5.88. The Morgan fingerprint density at radius 1 is 1.33 bits per heavy atom. The van der Waals surface area contributed by atoms with Gasteiger partial charge in [0.25, 0.3) is 0 Å². The van der Waals surface area contributed by atoms with E-state index < -0.39 is 5.97 Å². The molecule has 6 heteroatoms. The molecule has 0 aliphatic carbocycles. The van der Waals surface area contributed by atoms with Crippen LogP contribution in [0.25, 0.3) is 11.3 Å². The van der Waals surface area contributed by atoms with Crippen LogP contribution in [-0.2, 0) is 11.8 Å². The monoisotopic (exact) mass is 289 g/mol. The molecule has 6 nitrogen and oxygen atoms in total. The summed E-state index contributed by atoms with van der Waals surface area (Å²) in [6, 6.07) is 3.57. The van der Waals surface area contributed by atoms with Crippen molar-refractivity contribution in [3.63, 3.8) is 0 Å². The Balaban J connectivity index is 2.38. The van der Waals surface area contributed by atoms with Crippen LogP contribution in [0.2, 0.25) is 0 Å². The zero-order valence-electron chi connectivity index (χ0n) is 12.9. The third-order valence-electron chi connectivity index (χ3n) is 2.99. The summed E-state index contributed by atoms with van der Waals surface area (Å²) < 4.78 is 11.9. The summed E-state index contributed by atoms with van der Waals surface area (Å²) in [7, 11) is 3.11. The van der Waals surface area contributed by atoms with Crippen molar-refractivity contribution in [2.75, 3.05) is 7.11 Å². The van der Waals surface area contributed by atoms with Gasteiger partial charge in [-0.3, -0.25) is 4.68 Å². The SMILES string of the molecule is COC(=O)c1cc(-c2cnc(OC(C)C)cc2C)n(C)n1. The Labute approximate surface area is 123 Å². The molecule has 0 N–H and O–H groups in total. The number of carbonyl (C=O) groups excluding carboxylic acids is 1. The second-order valence-corrected chi connectivity index (χ2v) is 5.03. The van der Waals surface area contributed by atoms with E-state index in [1.54, 1.807) is 24.0 Å². The van der Waals surface area contributed by atoms with Crippen LogP contribution in [0, 0.1) is 6.92 Å². The van der Waals surface area contributed by atoms with Crippen molar-refractivity contribution in [3.05, 3.63) is 29.6 Å². The van der Waals surface area contributed by atoms with Gasteiger partial charge in [-0.15, -0.1) is 0 Å². The summed E-state index contributed by atoms with van der Waals surface area (Å²) >= 11 is 0. The van der Waals surface area contributed by atoms with Crippen molar-refractivity contribution < 1.29 is 14.3 Å². The topological polar surface area (TPSA) is 66.2 Å². The van der Waals surface area contributed by atoms with Crippen LogP contribution in [0.15, 0.2) is 18.3 Å². The average molecular weight is 289 g/mol. The summed E-state index contributed by atoms with van der Waals surface area (Å²) in [5, 5.41) is 4.15. The molecule has 0 amide bonds. The lowest BCUT2D eigenvalue weighted by Gasteiger charge is -2.11. The number of methoxy groups -OCH3 is 1. The minimum Gasteiger partial charge on any atom is -0.475 e. The maximum absolute atomic E-state index is 11.5. The maximum atomic E-state index is 11.5. The Kier molecular flexibility index (Phi) is 4.26. The van der Waals surface area contributed by atoms with Gasteiger partial charge in [0.2, 0.25) is 5.88 Å². The van der Waals surface area contributed by atoms with Gasteiger partial charge in [-0.1, -0.05) is 0 Å². The van der Waals surface area contributed by atoms with E-state index in [4.69, 9.17) is 4.74 Å². The molecule has 0 saturated heterocycles. The van der Waals surface area contributed by atoms with Crippen LogP contribution < -0.4 is 4.74 Å². The van der Waals surface area contributed by atoms with Gasteiger partial charge >= 0.3 is 5.97 Å². The van der Waals surface area contributed by atoms with Crippen LogP contribution in [0.1, 0.15) is 29.9 Å². The molecule has 0 fully saturated rings. The molecule has 0 unspecified atom stereocenters. The van der Waals surface area contributed by atoms with Gasteiger partial charge in [0.1, 0.15) is 0 Å². The smallest absolute Gasteiger partial charge is 0.358 e. The Bertz CT molecular complexity index is 662. The third-order valence-corrected chi connectivity index (χ3v) is 2.99. The van der Waals surface area contributed by atoms with E-state index in [-0.39, 0.29) is 11.8 Å². The minimum atomic E-state index is -0.456. The lowest BCUT2D eigenvalue weighted by Crippen LogP contribution is -2.07. The lowest BCUT2D eigenvalue weighted by atomic mass is 10.1. The van der Waals surface area contributed by atoms with E-state index in [0.717, 1.165) is 16.8 Å². The zero-order chi connectivity index (χ0) is 15.6. The molecule has 2 heterocycles. The van der Waals surface area contributed by atoms with Crippen molar-refractivity contribution in [1.29, 1.82) is 0 Å². The Morgan fingerprint density at radius 3 is 2.62 bits per heavy atom. The average Bonchev–Trinajstić information content (AvgIpc) is 2.79. The number of rotatable bonds is 4. The Hall–Kier alpha value is -2.37. The second-order valence-electron chi connectivity index (χ2n) is 5.03. The van der Waals surface area contributed by atoms with Gasteiger partial charge in [-0.25, -0.2) is 9.78 Å². The highest BCUT2D eigenvalue weighted by Gasteiger charge is 2.16. The van der Waals surface area contributed by atoms with Crippen LogP contribution in [0.5, 0.6) is 5.88 Å². The van der Waals surface area contributed by atoms with Gasteiger partial charge in [0.05, 0.1) is 18.9 Å². The molecule has 0 bridgehead atoms. The molecule has 0 radical (unpaired) electrons. The number of hydrogen-bond acceptors (Lipinski definition) is 5. The molecule has 0 atom stereocenters. The molecule has 0 saturated carbocycles. The van der Waals surface area contributed by atoms with Gasteiger partial charge in [-0.2, -0.15) is 5.10 Å². The predicted octanol–water partition coefficient (Wildman–Crippen LogP) is 2.36. The molecule has 2 aromatic heterocycles. The van der Waals surface area contributed by atoms with E-state index >= 15 is 0 Å². The van der Waals surface area contributed by atoms with Crippen molar-refractivity contribution in [1.82, 2.24) is 14.8 Å². The predicted molar refractivity (Wildman–Crippen MR) is 78.3 cm³/mol. The van der Waals surface area contributed by atoms with E-state index in [1.165, 1.54) is 7.11 Å². The standard InChI is InChI=1S/C15H19N3O3/c1-9(2)21-14-6-10(3)11(8-16-14)13-7-12(15(19)20-5)17-18(13)4/h6-9H,1-5H3. The fourth-order valence-electron chi connectivity index (χ4n) is 2.03. The highest BCUT2D eigenvalue weighted by Crippen LogP contribution is 2.25. The fourth-order valence-corrected chi connectivity index (χ4v) is 2.03. The number of nitrogens with zero attached hydrogens (tertiary/aromatic N) is 3. The van der Waals surface area contributed by atoms with E-state index in [0.29, 0.717) is 5.88 Å². The van der Waals surface area contributed by atoms with Crippen LogP contribution in [0.4, 0.5) is 0 Å². The number of ether oxygens (including phenoxy) is 2. The van der Waals surface area contributed by atoms with Crippen molar-refractivity contribution in [2.45, 2.75) is 26.9 Å². The van der Waals surface area contributed by atoms with Crippen molar-refractivity contribution in [3.8, 4) is 17.1 Å². The molecular formula is C15H19N3O3. The van der Waals surface area contributed by atoms with E-state index in [2.05, 4.69) is 14.8 Å². The van der Waals surface area contributed by atoms with Crippen molar-refractivity contribution >= 4 is 5.97 Å². The largest absolute Gasteiger partial charge is 0.475 e. The fraction of sp³-hybridized carbons (Fsp3) is 0.400. The summed E-state index contributed by atoms with van der Waals surface area (Å²) in [6.07, 6.45) is 1.80. The molecule has 0 aliphatic heterocycles. The number of carbonyl (C=O) groups is 1. The first-order valence-electron chi connectivity index (χ1n) is 6.68. The molecule has 0 aromatic carbocycles. The summed E-state index contributed by atoms with van der Waals surface area (Å²) in [5.74, 6) is 0.129. The maximum Gasteiger partial charge on any atom is 0.358 e. The van der Waals surface area contributed by atoms with Gasteiger partial charge in [-0.05, 0) is 32.4 Å².